The van der Waals surface area contributed by atoms with Crippen molar-refractivity contribution >= 4 is 29.0 Å². The van der Waals surface area contributed by atoms with Crippen LogP contribution in [0.15, 0.2) is 11.6 Å². The van der Waals surface area contributed by atoms with E-state index in [9.17, 15) is 0 Å². The van der Waals surface area contributed by atoms with Gasteiger partial charge in [0.1, 0.15) is 0 Å². The Balaban J connectivity index is 2.64. The number of hydrogen-bond acceptors (Lipinski definition) is 2. The minimum atomic E-state index is 0.504. The van der Waals surface area contributed by atoms with Crippen molar-refractivity contribution in [3.8, 4) is 0 Å². The second-order valence-electron chi connectivity index (χ2n) is 2.49. The van der Waals surface area contributed by atoms with Gasteiger partial charge in [0.25, 0.3) is 0 Å². The Morgan fingerprint density at radius 3 is 2.80 bits per heavy atom. The van der Waals surface area contributed by atoms with E-state index in [1.807, 2.05) is 0 Å². The Morgan fingerprint density at radius 2 is 2.40 bits per heavy atom. The van der Waals surface area contributed by atoms with Crippen LogP contribution in [0.4, 0.5) is 0 Å². The third-order valence-corrected chi connectivity index (χ3v) is 2.66. The molecule has 0 unspecified atom stereocenters. The number of nitrogens with zero attached hydrogens (tertiary/aromatic N) is 1. The van der Waals surface area contributed by atoms with Crippen molar-refractivity contribution < 1.29 is 0 Å². The summed E-state index contributed by atoms with van der Waals surface area (Å²) in [5.74, 6) is 0.962. The van der Waals surface area contributed by atoms with Crippen molar-refractivity contribution in [1.82, 2.24) is 4.90 Å². The molecular weight excluding hydrogens is 162 g/mol. The van der Waals surface area contributed by atoms with E-state index in [1.54, 1.807) is 11.8 Å². The largest absolute Gasteiger partial charge is 0.339 e. The number of thioether (sulfide) groups is 1. The first-order valence-electron chi connectivity index (χ1n) is 3.31. The van der Waals surface area contributed by atoms with Crippen LogP contribution < -0.4 is 0 Å². The molecule has 0 aromatic rings. The molecule has 0 fully saturated rings. The van der Waals surface area contributed by atoms with Crippen molar-refractivity contribution in [3.05, 3.63) is 11.6 Å². The van der Waals surface area contributed by atoms with Crippen molar-refractivity contribution in [2.24, 2.45) is 0 Å². The highest BCUT2D eigenvalue weighted by atomic mass is 32.2. The molecular formula is C7H11NS2. The fourth-order valence-electron chi connectivity index (χ4n) is 0.846. The van der Waals surface area contributed by atoms with Gasteiger partial charge in [-0.25, -0.2) is 0 Å². The fraction of sp³-hybridized carbons (Fsp3) is 0.571. The quantitative estimate of drug-likeness (QED) is 0.560. The summed E-state index contributed by atoms with van der Waals surface area (Å²) in [5, 5.41) is 2.09. The zero-order valence-electron chi connectivity index (χ0n) is 6.20. The molecule has 0 saturated heterocycles. The van der Waals surface area contributed by atoms with Crippen molar-refractivity contribution in [1.29, 1.82) is 0 Å². The van der Waals surface area contributed by atoms with Crippen LogP contribution in [0, 0.1) is 0 Å². The lowest BCUT2D eigenvalue weighted by molar-refractivity contribution is 0.464. The number of rotatable bonds is 1. The summed E-state index contributed by atoms with van der Waals surface area (Å²) in [6.07, 6.45) is 2.06. The molecule has 0 spiro atoms. The maximum Gasteiger partial charge on any atom is 0.0925 e. The van der Waals surface area contributed by atoms with Gasteiger partial charge >= 0.3 is 0 Å². The van der Waals surface area contributed by atoms with E-state index in [2.05, 4.69) is 30.4 Å². The molecule has 1 nitrogen and oxygen atoms in total. The maximum atomic E-state index is 5.16. The number of hydrogen-bond donors (Lipinski definition) is 0. The molecule has 0 bridgehead atoms. The fourth-order valence-corrected chi connectivity index (χ4v) is 1.93. The number of thiocarbonyl (C=S) groups is 1. The van der Waals surface area contributed by atoms with Gasteiger partial charge in [-0.1, -0.05) is 12.2 Å². The second kappa shape index (κ2) is 3.39. The van der Waals surface area contributed by atoms with Gasteiger partial charge in [0, 0.05) is 18.0 Å². The summed E-state index contributed by atoms with van der Waals surface area (Å²) in [5.41, 5.74) is 0. The maximum absolute atomic E-state index is 5.16. The lowest BCUT2D eigenvalue weighted by Crippen LogP contribution is -2.33. The molecule has 3 heteroatoms. The molecule has 10 heavy (non-hydrogen) atoms. The topological polar surface area (TPSA) is 3.24 Å². The monoisotopic (exact) mass is 173 g/mol. The molecule has 0 amide bonds. The first kappa shape index (κ1) is 8.08. The molecule has 0 saturated carbocycles. The SMILES string of the molecule is CC(C)N1C=CSCC1=S. The first-order valence-corrected chi connectivity index (χ1v) is 4.77. The standard InChI is InChI=1S/C7H11NS2/c1-6(2)8-3-4-10-5-7(8)9/h3-4,6H,5H2,1-2H3. The molecule has 1 rings (SSSR count). The van der Waals surface area contributed by atoms with Crippen molar-refractivity contribution in [2.45, 2.75) is 19.9 Å². The molecule has 0 aromatic heterocycles. The highest BCUT2D eigenvalue weighted by molar-refractivity contribution is 8.03. The van der Waals surface area contributed by atoms with E-state index in [4.69, 9.17) is 12.2 Å². The average molecular weight is 173 g/mol. The Hall–Kier alpha value is -0.0200. The Kier molecular flexibility index (Phi) is 2.74. The van der Waals surface area contributed by atoms with Crippen LogP contribution in [0.25, 0.3) is 0 Å². The van der Waals surface area contributed by atoms with Crippen LogP contribution in [0.2, 0.25) is 0 Å². The van der Waals surface area contributed by atoms with Gasteiger partial charge in [-0.3, -0.25) is 0 Å². The van der Waals surface area contributed by atoms with E-state index in [0.717, 1.165) is 10.7 Å². The van der Waals surface area contributed by atoms with Gasteiger partial charge < -0.3 is 4.90 Å². The van der Waals surface area contributed by atoms with Crippen molar-refractivity contribution in [2.75, 3.05) is 5.75 Å². The normalized spacial score (nSPS) is 18.7. The van der Waals surface area contributed by atoms with Crippen LogP contribution in [0.5, 0.6) is 0 Å². The highest BCUT2D eigenvalue weighted by Crippen LogP contribution is 2.15. The lowest BCUT2D eigenvalue weighted by Gasteiger charge is -2.27. The minimum Gasteiger partial charge on any atom is -0.339 e. The predicted octanol–water partition coefficient (Wildman–Crippen LogP) is 2.24. The molecule has 0 N–H and O–H groups in total. The molecule has 0 atom stereocenters. The first-order chi connectivity index (χ1) is 4.72. The van der Waals surface area contributed by atoms with Crippen LogP contribution >= 0.6 is 24.0 Å². The zero-order valence-corrected chi connectivity index (χ0v) is 7.84. The van der Waals surface area contributed by atoms with E-state index >= 15 is 0 Å². The predicted molar refractivity (Wildman–Crippen MR) is 51.2 cm³/mol. The van der Waals surface area contributed by atoms with E-state index in [-0.39, 0.29) is 0 Å². The summed E-state index contributed by atoms with van der Waals surface area (Å²) < 4.78 is 0. The Bertz CT molecular complexity index is 163. The van der Waals surface area contributed by atoms with Crippen LogP contribution in [-0.2, 0) is 0 Å². The Labute approximate surface area is 71.5 Å². The van der Waals surface area contributed by atoms with E-state index < -0.39 is 0 Å². The lowest BCUT2D eigenvalue weighted by atomic mass is 10.3. The van der Waals surface area contributed by atoms with Crippen LogP contribution in [0.1, 0.15) is 13.8 Å². The van der Waals surface area contributed by atoms with Gasteiger partial charge in [-0.2, -0.15) is 0 Å². The molecule has 1 aliphatic rings. The molecule has 1 heterocycles. The zero-order chi connectivity index (χ0) is 7.56. The van der Waals surface area contributed by atoms with E-state index in [1.165, 1.54) is 0 Å². The summed E-state index contributed by atoms with van der Waals surface area (Å²) in [4.78, 5) is 3.17. The van der Waals surface area contributed by atoms with Gasteiger partial charge in [-0.15, -0.1) is 11.8 Å². The van der Waals surface area contributed by atoms with Crippen LogP contribution in [0.3, 0.4) is 0 Å². The molecule has 1 aliphatic heterocycles. The van der Waals surface area contributed by atoms with Crippen molar-refractivity contribution in [3.63, 3.8) is 0 Å². The van der Waals surface area contributed by atoms with Crippen LogP contribution in [-0.4, -0.2) is 21.7 Å². The average Bonchev–Trinajstić information content (AvgIpc) is 1.88. The minimum absolute atomic E-state index is 0.504. The Morgan fingerprint density at radius 1 is 1.70 bits per heavy atom. The summed E-state index contributed by atoms with van der Waals surface area (Å²) in [6.45, 7) is 4.29. The second-order valence-corrected chi connectivity index (χ2v) is 3.86. The van der Waals surface area contributed by atoms with Gasteiger partial charge in [0.15, 0.2) is 0 Å². The molecule has 0 radical (unpaired) electrons. The van der Waals surface area contributed by atoms with Gasteiger partial charge in [0.2, 0.25) is 0 Å². The summed E-state index contributed by atoms with van der Waals surface area (Å²) in [7, 11) is 0. The third kappa shape index (κ3) is 1.73. The van der Waals surface area contributed by atoms with Gasteiger partial charge in [0.05, 0.1) is 4.99 Å². The molecule has 0 aromatic carbocycles. The third-order valence-electron chi connectivity index (χ3n) is 1.37. The van der Waals surface area contributed by atoms with E-state index in [0.29, 0.717) is 6.04 Å². The van der Waals surface area contributed by atoms with Gasteiger partial charge in [-0.05, 0) is 19.3 Å². The molecule has 0 aliphatic carbocycles. The molecule has 56 valence electrons. The smallest absolute Gasteiger partial charge is 0.0925 e. The summed E-state index contributed by atoms with van der Waals surface area (Å²) in [6, 6.07) is 0.504. The highest BCUT2D eigenvalue weighted by Gasteiger charge is 2.12. The summed E-state index contributed by atoms with van der Waals surface area (Å²) >= 11 is 6.92.